The molecule has 4 heteroatoms. The molecule has 3 nitrogen and oxygen atoms in total. The van der Waals surface area contributed by atoms with Crippen LogP contribution in [0.25, 0.3) is 0 Å². The van der Waals surface area contributed by atoms with Crippen LogP contribution in [0.2, 0.25) is 0 Å². The van der Waals surface area contributed by atoms with Crippen LogP contribution in [0.15, 0.2) is 0 Å². The molecule has 0 aliphatic heterocycles. The Labute approximate surface area is 43.4 Å². The second-order valence-electron chi connectivity index (χ2n) is 0.964. The first-order valence-corrected chi connectivity index (χ1v) is 3.36. The Kier molecular flexibility index (Phi) is 2.25. The van der Waals surface area contributed by atoms with Gasteiger partial charge in [0.25, 0.3) is 10.1 Å². The molecule has 7 heavy (non-hydrogen) atoms. The van der Waals surface area contributed by atoms with Gasteiger partial charge in [0.15, 0.2) is 0 Å². The average molecular weight is 123 g/mol. The van der Waals surface area contributed by atoms with E-state index in [1.807, 2.05) is 0 Å². The van der Waals surface area contributed by atoms with Crippen molar-refractivity contribution in [1.29, 1.82) is 0 Å². The molecule has 0 fully saturated rings. The zero-order chi connectivity index (χ0) is 5.91. The number of rotatable bonds is 2. The van der Waals surface area contributed by atoms with Crippen molar-refractivity contribution in [2.45, 2.75) is 6.92 Å². The van der Waals surface area contributed by atoms with Crippen LogP contribution in [-0.4, -0.2) is 15.0 Å². The van der Waals surface area contributed by atoms with Crippen molar-refractivity contribution in [2.75, 3.05) is 6.61 Å². The highest BCUT2D eigenvalue weighted by Gasteiger charge is 1.95. The molecule has 0 atom stereocenters. The minimum atomic E-state index is -3.42. The molecule has 1 radical (unpaired) electrons. The van der Waals surface area contributed by atoms with Crippen molar-refractivity contribution in [3.05, 3.63) is 6.26 Å². The summed E-state index contributed by atoms with van der Waals surface area (Å²) in [6.07, 6.45) is 2.71. The van der Waals surface area contributed by atoms with E-state index in [-0.39, 0.29) is 6.61 Å². The van der Waals surface area contributed by atoms with Gasteiger partial charge >= 0.3 is 0 Å². The van der Waals surface area contributed by atoms with Crippen molar-refractivity contribution in [3.8, 4) is 0 Å². The Morgan fingerprint density at radius 2 is 2.14 bits per heavy atom. The Morgan fingerprint density at radius 1 is 1.71 bits per heavy atom. The van der Waals surface area contributed by atoms with E-state index < -0.39 is 10.1 Å². The zero-order valence-electron chi connectivity index (χ0n) is 4.05. The Hall–Kier alpha value is -0.0900. The van der Waals surface area contributed by atoms with Crippen molar-refractivity contribution >= 4 is 10.1 Å². The van der Waals surface area contributed by atoms with Crippen LogP contribution in [0.3, 0.4) is 0 Å². The van der Waals surface area contributed by atoms with Gasteiger partial charge in [0, 0.05) is 0 Å². The van der Waals surface area contributed by atoms with Crippen molar-refractivity contribution < 1.29 is 12.6 Å². The van der Waals surface area contributed by atoms with E-state index in [2.05, 4.69) is 10.4 Å². The van der Waals surface area contributed by atoms with Gasteiger partial charge in [-0.2, -0.15) is 8.42 Å². The van der Waals surface area contributed by atoms with Gasteiger partial charge in [0.05, 0.1) is 12.9 Å². The summed E-state index contributed by atoms with van der Waals surface area (Å²) in [6.45, 7) is 1.74. The zero-order valence-corrected chi connectivity index (χ0v) is 4.86. The molecule has 0 amide bonds. The molecule has 0 spiro atoms. The highest BCUT2D eigenvalue weighted by molar-refractivity contribution is 7.87. The second-order valence-corrected chi connectivity index (χ2v) is 2.32. The van der Waals surface area contributed by atoms with E-state index in [1.54, 1.807) is 6.92 Å². The third-order valence-corrected chi connectivity index (χ3v) is 0.892. The van der Waals surface area contributed by atoms with Gasteiger partial charge < -0.3 is 0 Å². The molecule has 0 aromatic heterocycles. The lowest BCUT2D eigenvalue weighted by atomic mass is 10.9. The highest BCUT2D eigenvalue weighted by Crippen LogP contribution is 1.84. The van der Waals surface area contributed by atoms with Crippen LogP contribution < -0.4 is 0 Å². The summed E-state index contributed by atoms with van der Waals surface area (Å²) in [5.74, 6) is 0. The van der Waals surface area contributed by atoms with E-state index in [1.165, 1.54) is 0 Å². The lowest BCUT2D eigenvalue weighted by Crippen LogP contribution is -1.97. The SMILES string of the molecule is [CH2]S(=O)(=O)OCC. The molecule has 0 N–H and O–H groups in total. The second kappa shape index (κ2) is 2.28. The normalized spacial score (nSPS) is 11.7. The van der Waals surface area contributed by atoms with Gasteiger partial charge in [0.1, 0.15) is 0 Å². The molecule has 0 unspecified atom stereocenters. The molecular formula is C3H7O3S. The van der Waals surface area contributed by atoms with E-state index in [9.17, 15) is 8.42 Å². The van der Waals surface area contributed by atoms with Crippen LogP contribution >= 0.6 is 0 Å². The van der Waals surface area contributed by atoms with Crippen LogP contribution in [0.5, 0.6) is 0 Å². The van der Waals surface area contributed by atoms with E-state index >= 15 is 0 Å². The monoisotopic (exact) mass is 123 g/mol. The third-order valence-electron chi connectivity index (χ3n) is 0.297. The van der Waals surface area contributed by atoms with Gasteiger partial charge in [-0.3, -0.25) is 4.18 Å². The Bertz CT molecular complexity index is 123. The third kappa shape index (κ3) is 5.91. The standard InChI is InChI=1S/C3H7O3S/c1-3-6-7(2,4)5/h2-3H2,1H3. The maximum atomic E-state index is 9.90. The first-order valence-electron chi connectivity index (χ1n) is 1.78. The minimum absolute atomic E-state index is 0.159. The van der Waals surface area contributed by atoms with Crippen molar-refractivity contribution in [3.63, 3.8) is 0 Å². The molecule has 0 aliphatic carbocycles. The smallest absolute Gasteiger partial charge is 0.268 e. The maximum absolute atomic E-state index is 9.90. The highest BCUT2D eigenvalue weighted by atomic mass is 32.2. The maximum Gasteiger partial charge on any atom is 0.268 e. The van der Waals surface area contributed by atoms with Crippen molar-refractivity contribution in [2.24, 2.45) is 0 Å². The van der Waals surface area contributed by atoms with E-state index in [0.717, 1.165) is 0 Å². The summed E-state index contributed by atoms with van der Waals surface area (Å²) in [4.78, 5) is 0. The van der Waals surface area contributed by atoms with Gasteiger partial charge in [-0.15, -0.1) is 0 Å². The van der Waals surface area contributed by atoms with Crippen LogP contribution in [0.1, 0.15) is 6.92 Å². The van der Waals surface area contributed by atoms with Crippen LogP contribution in [0, 0.1) is 6.26 Å². The average Bonchev–Trinajstić information content (AvgIpc) is 1.30. The van der Waals surface area contributed by atoms with Gasteiger partial charge in [-0.1, -0.05) is 0 Å². The summed E-state index contributed by atoms with van der Waals surface area (Å²) < 4.78 is 23.9. The molecule has 43 valence electrons. The molecule has 0 aromatic rings. The predicted molar refractivity (Wildman–Crippen MR) is 25.9 cm³/mol. The topological polar surface area (TPSA) is 43.4 Å². The molecule has 0 bridgehead atoms. The van der Waals surface area contributed by atoms with Crippen molar-refractivity contribution in [1.82, 2.24) is 0 Å². The summed E-state index contributed by atoms with van der Waals surface area (Å²) in [6, 6.07) is 0. The fourth-order valence-corrected chi connectivity index (χ4v) is 0.539. The largest absolute Gasteiger partial charge is 0.270 e. The Balaban J connectivity index is 3.60. The summed E-state index contributed by atoms with van der Waals surface area (Å²) in [5.41, 5.74) is 0. The first kappa shape index (κ1) is 6.91. The molecule has 0 rings (SSSR count). The molecule has 0 aromatic carbocycles. The van der Waals surface area contributed by atoms with Gasteiger partial charge in [-0.05, 0) is 6.92 Å². The lowest BCUT2D eigenvalue weighted by Gasteiger charge is -1.90. The fourth-order valence-electron chi connectivity index (χ4n) is 0.180. The number of hydrogen-bond acceptors (Lipinski definition) is 3. The van der Waals surface area contributed by atoms with Crippen LogP contribution in [0.4, 0.5) is 0 Å². The molecule has 0 heterocycles. The molecule has 0 aliphatic rings. The number of hydrogen-bond donors (Lipinski definition) is 0. The quantitative estimate of drug-likeness (QED) is 0.491. The Morgan fingerprint density at radius 3 is 2.14 bits per heavy atom. The fraction of sp³-hybridized carbons (Fsp3) is 0.667. The van der Waals surface area contributed by atoms with Gasteiger partial charge in [0.2, 0.25) is 0 Å². The van der Waals surface area contributed by atoms with E-state index in [4.69, 9.17) is 0 Å². The molecular weight excluding hydrogens is 116 g/mol. The summed E-state index contributed by atoms with van der Waals surface area (Å²) in [7, 11) is -3.42. The first-order chi connectivity index (χ1) is 3.06. The van der Waals surface area contributed by atoms with E-state index in [0.29, 0.717) is 0 Å². The van der Waals surface area contributed by atoms with Crippen LogP contribution in [-0.2, 0) is 14.3 Å². The minimum Gasteiger partial charge on any atom is -0.270 e. The molecule has 0 saturated heterocycles. The summed E-state index contributed by atoms with van der Waals surface area (Å²) >= 11 is 0. The lowest BCUT2D eigenvalue weighted by molar-refractivity contribution is 0.344. The predicted octanol–water partition coefficient (Wildman–Crippen LogP) is 0.144. The molecule has 0 saturated carbocycles. The van der Waals surface area contributed by atoms with Gasteiger partial charge in [-0.25, -0.2) is 0 Å². The summed E-state index contributed by atoms with van der Waals surface area (Å²) in [5, 5.41) is 0.